The highest BCUT2D eigenvalue weighted by Gasteiger charge is 2.13. The van der Waals surface area contributed by atoms with Gasteiger partial charge in [-0.3, -0.25) is 0 Å². The van der Waals surface area contributed by atoms with Crippen LogP contribution in [0.2, 0.25) is 0 Å². The van der Waals surface area contributed by atoms with E-state index in [1.807, 2.05) is 0 Å². The van der Waals surface area contributed by atoms with Gasteiger partial charge in [0.25, 0.3) is 0 Å². The summed E-state index contributed by atoms with van der Waals surface area (Å²) in [5.41, 5.74) is 0. The summed E-state index contributed by atoms with van der Waals surface area (Å²) < 4.78 is 12.2. The number of alkyl halides is 1. The van der Waals surface area contributed by atoms with Gasteiger partial charge in [0.05, 0.1) is 0 Å². The van der Waals surface area contributed by atoms with E-state index in [1.165, 1.54) is 12.8 Å². The average Bonchev–Trinajstić information content (AvgIpc) is 2.15. The number of halogens is 1. The lowest BCUT2D eigenvalue weighted by Gasteiger charge is -2.14. The third kappa shape index (κ3) is 2.31. The zero-order valence-corrected chi connectivity index (χ0v) is 5.65. The molecule has 1 fully saturated rings. The van der Waals surface area contributed by atoms with E-state index in [9.17, 15) is 4.39 Å². The van der Waals surface area contributed by atoms with Gasteiger partial charge >= 0.3 is 0 Å². The fourth-order valence-corrected chi connectivity index (χ4v) is 1.25. The molecule has 1 atom stereocenters. The third-order valence-electron chi connectivity index (χ3n) is 1.65. The van der Waals surface area contributed by atoms with Crippen molar-refractivity contribution in [1.82, 2.24) is 4.90 Å². The molecule has 1 heterocycles. The van der Waals surface area contributed by atoms with E-state index >= 15 is 0 Å². The van der Waals surface area contributed by atoms with Crippen LogP contribution in [0.3, 0.4) is 0 Å². The number of likely N-dealkylation sites (tertiary alicyclic amines) is 1. The second kappa shape index (κ2) is 3.16. The highest BCUT2D eigenvalue weighted by molar-refractivity contribution is 4.70. The highest BCUT2D eigenvalue weighted by Crippen LogP contribution is 2.07. The van der Waals surface area contributed by atoms with Gasteiger partial charge in [-0.05, 0) is 32.9 Å². The molecule has 1 radical (unpaired) electrons. The van der Waals surface area contributed by atoms with E-state index in [0.717, 1.165) is 13.1 Å². The molecule has 53 valence electrons. The van der Waals surface area contributed by atoms with E-state index in [-0.39, 0.29) is 0 Å². The van der Waals surface area contributed by atoms with Gasteiger partial charge in [0, 0.05) is 6.54 Å². The second-order valence-corrected chi connectivity index (χ2v) is 2.60. The Morgan fingerprint density at radius 3 is 2.44 bits per heavy atom. The van der Waals surface area contributed by atoms with Crippen LogP contribution >= 0.6 is 0 Å². The number of hydrogen-bond donors (Lipinski definition) is 0. The summed E-state index contributed by atoms with van der Waals surface area (Å²) in [5, 5.41) is 0. The van der Waals surface area contributed by atoms with Gasteiger partial charge in [-0.1, -0.05) is 0 Å². The molecule has 0 aromatic carbocycles. The fraction of sp³-hybridized carbons (Fsp3) is 0.857. The van der Waals surface area contributed by atoms with Gasteiger partial charge in [0.15, 0.2) is 0 Å². The number of rotatable bonds is 2. The van der Waals surface area contributed by atoms with Crippen molar-refractivity contribution in [1.29, 1.82) is 0 Å². The van der Waals surface area contributed by atoms with Crippen molar-refractivity contribution in [3.8, 4) is 0 Å². The van der Waals surface area contributed by atoms with Crippen molar-refractivity contribution in [3.63, 3.8) is 0 Å². The van der Waals surface area contributed by atoms with Crippen LogP contribution in [0.1, 0.15) is 12.8 Å². The van der Waals surface area contributed by atoms with Crippen LogP contribution in [0.5, 0.6) is 0 Å². The molecule has 0 bridgehead atoms. The average molecular weight is 130 g/mol. The van der Waals surface area contributed by atoms with Crippen molar-refractivity contribution < 1.29 is 4.39 Å². The molecule has 0 amide bonds. The predicted octanol–water partition coefficient (Wildman–Crippen LogP) is 1.25. The Bertz CT molecular complexity index is 77.0. The first-order valence-corrected chi connectivity index (χ1v) is 3.48. The van der Waals surface area contributed by atoms with E-state index < -0.39 is 6.17 Å². The highest BCUT2D eigenvalue weighted by atomic mass is 19.1. The summed E-state index contributed by atoms with van der Waals surface area (Å²) in [4.78, 5) is 2.12. The molecule has 1 saturated heterocycles. The minimum absolute atomic E-state index is 0.528. The molecule has 1 rings (SSSR count). The second-order valence-electron chi connectivity index (χ2n) is 2.60. The molecular weight excluding hydrogens is 117 g/mol. The van der Waals surface area contributed by atoms with Crippen molar-refractivity contribution in [2.24, 2.45) is 0 Å². The first-order chi connectivity index (χ1) is 4.29. The maximum Gasteiger partial charge on any atom is 0.113 e. The van der Waals surface area contributed by atoms with Gasteiger partial charge < -0.3 is 4.90 Å². The quantitative estimate of drug-likeness (QED) is 0.544. The normalized spacial score (nSPS) is 24.7. The van der Waals surface area contributed by atoms with Crippen molar-refractivity contribution >= 4 is 0 Å². The summed E-state index contributed by atoms with van der Waals surface area (Å²) in [6, 6.07) is 0. The Balaban J connectivity index is 2.11. The zero-order valence-electron chi connectivity index (χ0n) is 5.65. The third-order valence-corrected chi connectivity index (χ3v) is 1.65. The fourth-order valence-electron chi connectivity index (χ4n) is 1.25. The minimum atomic E-state index is -0.900. The summed E-state index contributed by atoms with van der Waals surface area (Å²) in [6.45, 7) is 5.95. The molecule has 9 heavy (non-hydrogen) atoms. The molecule has 0 aromatic heterocycles. The lowest BCUT2D eigenvalue weighted by Crippen LogP contribution is -2.25. The smallest absolute Gasteiger partial charge is 0.113 e. The summed E-state index contributed by atoms with van der Waals surface area (Å²) in [7, 11) is 0. The molecule has 2 heteroatoms. The first-order valence-electron chi connectivity index (χ1n) is 3.48. The van der Waals surface area contributed by atoms with Crippen LogP contribution in [0.4, 0.5) is 4.39 Å². The molecule has 0 spiro atoms. The molecule has 0 aromatic rings. The van der Waals surface area contributed by atoms with Crippen LogP contribution in [0.15, 0.2) is 0 Å². The van der Waals surface area contributed by atoms with Crippen molar-refractivity contribution in [2.75, 3.05) is 19.6 Å². The molecule has 0 N–H and O–H groups in total. The monoisotopic (exact) mass is 130 g/mol. The van der Waals surface area contributed by atoms with Gasteiger partial charge in [-0.25, -0.2) is 4.39 Å². The predicted molar refractivity (Wildman–Crippen MR) is 35.9 cm³/mol. The van der Waals surface area contributed by atoms with Crippen LogP contribution in [0.25, 0.3) is 0 Å². The molecule has 0 saturated carbocycles. The van der Waals surface area contributed by atoms with E-state index in [0.29, 0.717) is 6.54 Å². The lowest BCUT2D eigenvalue weighted by molar-refractivity contribution is 0.252. The summed E-state index contributed by atoms with van der Waals surface area (Å²) in [6.07, 6.45) is 1.56. The Morgan fingerprint density at radius 2 is 2.00 bits per heavy atom. The molecule has 1 aliphatic heterocycles. The Morgan fingerprint density at radius 1 is 1.44 bits per heavy atom. The Hall–Kier alpha value is -0.110. The topological polar surface area (TPSA) is 3.24 Å². The van der Waals surface area contributed by atoms with Crippen LogP contribution in [-0.4, -0.2) is 30.7 Å². The van der Waals surface area contributed by atoms with E-state index in [1.54, 1.807) is 0 Å². The molecule has 1 unspecified atom stereocenters. The molecule has 1 nitrogen and oxygen atoms in total. The lowest BCUT2D eigenvalue weighted by atomic mass is 10.4. The van der Waals surface area contributed by atoms with Gasteiger partial charge in [0.1, 0.15) is 6.17 Å². The minimum Gasteiger partial charge on any atom is -0.300 e. The molecule has 1 aliphatic rings. The van der Waals surface area contributed by atoms with Gasteiger partial charge in [0.2, 0.25) is 0 Å². The largest absolute Gasteiger partial charge is 0.300 e. The molecular formula is C7H13FN. The standard InChI is InChI=1S/C7H13FN/c1-7(8)6-9-4-2-3-5-9/h7H,1-6H2. The maximum absolute atomic E-state index is 12.2. The first kappa shape index (κ1) is 7.00. The van der Waals surface area contributed by atoms with Gasteiger partial charge in [-0.2, -0.15) is 0 Å². The van der Waals surface area contributed by atoms with Crippen LogP contribution in [0, 0.1) is 6.92 Å². The SMILES string of the molecule is [CH2]C(F)CN1CCCC1. The Kier molecular flexibility index (Phi) is 2.46. The van der Waals surface area contributed by atoms with Crippen LogP contribution in [-0.2, 0) is 0 Å². The van der Waals surface area contributed by atoms with E-state index in [2.05, 4.69) is 11.8 Å². The number of nitrogens with zero attached hydrogens (tertiary/aromatic N) is 1. The number of hydrogen-bond acceptors (Lipinski definition) is 1. The molecule has 0 aliphatic carbocycles. The van der Waals surface area contributed by atoms with Crippen molar-refractivity contribution in [2.45, 2.75) is 19.0 Å². The van der Waals surface area contributed by atoms with Crippen LogP contribution < -0.4 is 0 Å². The van der Waals surface area contributed by atoms with Crippen molar-refractivity contribution in [3.05, 3.63) is 6.92 Å². The Labute approximate surface area is 55.8 Å². The summed E-state index contributed by atoms with van der Waals surface area (Å²) >= 11 is 0. The van der Waals surface area contributed by atoms with Gasteiger partial charge in [-0.15, -0.1) is 0 Å². The zero-order chi connectivity index (χ0) is 6.69. The van der Waals surface area contributed by atoms with E-state index in [4.69, 9.17) is 0 Å². The summed E-state index contributed by atoms with van der Waals surface area (Å²) in [5.74, 6) is 0. The maximum atomic E-state index is 12.2.